The summed E-state index contributed by atoms with van der Waals surface area (Å²) in [7, 11) is 2.61. The second-order valence-electron chi connectivity index (χ2n) is 17.4. The van der Waals surface area contributed by atoms with Crippen molar-refractivity contribution in [3.8, 4) is 11.1 Å². The summed E-state index contributed by atoms with van der Waals surface area (Å²) in [5.41, 5.74) is 5.70. The van der Waals surface area contributed by atoms with Crippen molar-refractivity contribution in [3.63, 3.8) is 0 Å². The molecular weight excluding hydrogens is 761 g/mol. The summed E-state index contributed by atoms with van der Waals surface area (Å²) in [6.07, 6.45) is 3.30. The van der Waals surface area contributed by atoms with Crippen LogP contribution in [0.3, 0.4) is 0 Å². The maximum atomic E-state index is 14.1. The molecule has 312 valence electrons. The number of hydrogen-bond donors (Lipinski definition) is 4. The molecule has 3 aliphatic rings. The van der Waals surface area contributed by atoms with Gasteiger partial charge in [-0.05, 0) is 96.0 Å². The van der Waals surface area contributed by atoms with Crippen molar-refractivity contribution in [1.29, 1.82) is 0 Å². The molecule has 1 aliphatic carbocycles. The molecule has 4 heterocycles. The molecule has 9 rings (SSSR count). The van der Waals surface area contributed by atoms with E-state index in [1.165, 1.54) is 14.2 Å². The normalized spacial score (nSPS) is 21.1. The number of likely N-dealkylation sites (tertiary alicyclic amines) is 2. The number of H-pyrrole nitrogens is 2. The van der Waals surface area contributed by atoms with Gasteiger partial charge in [0.2, 0.25) is 11.8 Å². The van der Waals surface area contributed by atoms with Crippen LogP contribution in [-0.4, -0.2) is 92.6 Å². The summed E-state index contributed by atoms with van der Waals surface area (Å²) in [4.78, 5) is 73.3. The molecule has 14 nitrogen and oxygen atoms in total. The Kier molecular flexibility index (Phi) is 10.1. The van der Waals surface area contributed by atoms with Crippen molar-refractivity contribution in [2.24, 2.45) is 17.8 Å². The lowest BCUT2D eigenvalue weighted by Gasteiger charge is -2.37. The van der Waals surface area contributed by atoms with Gasteiger partial charge in [0.25, 0.3) is 0 Å². The molecule has 1 saturated carbocycles. The quantitative estimate of drug-likeness (QED) is 0.114. The van der Waals surface area contributed by atoms with Gasteiger partial charge in [-0.3, -0.25) is 9.59 Å². The maximum absolute atomic E-state index is 14.1. The number of carbonyl (C=O) groups is 4. The molecule has 60 heavy (non-hydrogen) atoms. The average molecular weight is 813 g/mol. The van der Waals surface area contributed by atoms with Gasteiger partial charge >= 0.3 is 12.2 Å². The van der Waals surface area contributed by atoms with E-state index in [-0.39, 0.29) is 41.8 Å². The minimum atomic E-state index is -0.698. The second kappa shape index (κ2) is 15.4. The Morgan fingerprint density at radius 1 is 0.700 bits per heavy atom. The number of methoxy groups -OCH3 is 2. The lowest BCUT2D eigenvalue weighted by atomic mass is 9.95. The van der Waals surface area contributed by atoms with Crippen molar-refractivity contribution in [2.45, 2.75) is 90.0 Å². The number of carbonyl (C=O) groups excluding carboxylic acids is 4. The molecule has 14 heteroatoms. The predicted octanol–water partition coefficient (Wildman–Crippen LogP) is 7.89. The third-order valence-corrected chi connectivity index (χ3v) is 13.1. The second-order valence-corrected chi connectivity index (χ2v) is 17.4. The SMILES string of the molecule is COC(=O)N[C@H](C(=O)N1CCC[C@H]1c1nc2c(ccc3cc(-c4ccc5c(ccc6[nH]c([C@@H]7[C@@H]8CC[C@@H](C8)N7C(=O)[C@@H](NC(=O)OC)C(C)C)nc65)c4)ccc32)[nH]1)C(C)C. The molecule has 0 radical (unpaired) electrons. The largest absolute Gasteiger partial charge is 0.453 e. The highest BCUT2D eigenvalue weighted by molar-refractivity contribution is 6.07. The zero-order chi connectivity index (χ0) is 42.0. The third-order valence-electron chi connectivity index (χ3n) is 13.1. The summed E-state index contributed by atoms with van der Waals surface area (Å²) in [5, 5.41) is 9.66. The first-order valence-electron chi connectivity index (χ1n) is 21.1. The highest BCUT2D eigenvalue weighted by Gasteiger charge is 2.51. The van der Waals surface area contributed by atoms with Gasteiger partial charge in [-0.25, -0.2) is 19.6 Å². The van der Waals surface area contributed by atoms with Gasteiger partial charge in [-0.15, -0.1) is 0 Å². The zero-order valence-corrected chi connectivity index (χ0v) is 34.9. The standard InChI is InChI=1S/C46H52N8O6/c1-23(2)36(51-45(57)59-5)43(55)53-19-7-8-35(53)41-47-33-17-12-27-20-25(10-15-31(27)38(33)49-41)26-11-16-32-28(21-26)13-18-34-39(32)50-42(48-34)40-29-9-14-30(22-29)54(40)44(56)37(24(3)4)52-46(58)60-6/h10-13,15-18,20-21,23-24,29-30,35-37,40H,7-9,14,19,22H2,1-6H3,(H,47,49)(H,48,50)(H,51,57)(H,52,58)/t29-,30+,35+,36+,37+,40+/m1/s1. The number of hydrogen-bond acceptors (Lipinski definition) is 8. The first-order valence-corrected chi connectivity index (χ1v) is 21.1. The number of ether oxygens (including phenoxy) is 2. The first kappa shape index (κ1) is 39.3. The fourth-order valence-electron chi connectivity index (χ4n) is 10.0. The van der Waals surface area contributed by atoms with Gasteiger partial charge in [0.05, 0.1) is 48.4 Å². The molecule has 4 N–H and O–H groups in total. The highest BCUT2D eigenvalue weighted by atomic mass is 16.5. The van der Waals surface area contributed by atoms with Gasteiger partial charge in [0.1, 0.15) is 23.7 Å². The third kappa shape index (κ3) is 6.75. The molecule has 2 aromatic heterocycles. The number of rotatable bonds is 9. The van der Waals surface area contributed by atoms with Crippen LogP contribution in [0, 0.1) is 17.8 Å². The Morgan fingerprint density at radius 3 is 1.82 bits per heavy atom. The summed E-state index contributed by atoms with van der Waals surface area (Å²) in [6, 6.07) is 19.5. The van der Waals surface area contributed by atoms with E-state index < -0.39 is 24.3 Å². The Morgan fingerprint density at radius 2 is 1.25 bits per heavy atom. The summed E-state index contributed by atoms with van der Waals surface area (Å²) in [6.45, 7) is 8.28. The van der Waals surface area contributed by atoms with Crippen molar-refractivity contribution in [3.05, 3.63) is 72.3 Å². The van der Waals surface area contributed by atoms with E-state index >= 15 is 0 Å². The number of imidazole rings is 2. The summed E-state index contributed by atoms with van der Waals surface area (Å²) >= 11 is 0. The number of piperidine rings is 1. The van der Waals surface area contributed by atoms with Crippen LogP contribution < -0.4 is 10.6 Å². The fraction of sp³-hybridized carbons (Fsp3) is 0.435. The number of alkyl carbamates (subject to hydrolysis) is 2. The van der Waals surface area contributed by atoms with Crippen LogP contribution in [0.4, 0.5) is 9.59 Å². The van der Waals surface area contributed by atoms with E-state index in [1.54, 1.807) is 0 Å². The number of amides is 4. The van der Waals surface area contributed by atoms with Crippen LogP contribution >= 0.6 is 0 Å². The minimum absolute atomic E-state index is 0.0926. The van der Waals surface area contributed by atoms with Crippen LogP contribution in [0.5, 0.6) is 0 Å². The minimum Gasteiger partial charge on any atom is -0.453 e. The van der Waals surface area contributed by atoms with E-state index in [4.69, 9.17) is 19.4 Å². The molecule has 2 bridgehead atoms. The Bertz CT molecular complexity index is 2670. The molecule has 3 fully saturated rings. The van der Waals surface area contributed by atoms with Crippen LogP contribution in [0.25, 0.3) is 54.7 Å². The zero-order valence-electron chi connectivity index (χ0n) is 34.9. The molecule has 0 unspecified atom stereocenters. The van der Waals surface area contributed by atoms with E-state index in [1.807, 2.05) is 43.6 Å². The summed E-state index contributed by atoms with van der Waals surface area (Å²) < 4.78 is 9.65. The van der Waals surface area contributed by atoms with E-state index in [9.17, 15) is 19.2 Å². The van der Waals surface area contributed by atoms with E-state index in [2.05, 4.69) is 75.2 Å². The smallest absolute Gasteiger partial charge is 0.407 e. The first-order chi connectivity index (χ1) is 28.9. The van der Waals surface area contributed by atoms with Crippen molar-refractivity contribution in [2.75, 3.05) is 20.8 Å². The van der Waals surface area contributed by atoms with Gasteiger partial charge in [-0.2, -0.15) is 0 Å². The predicted molar refractivity (Wildman–Crippen MR) is 229 cm³/mol. The Labute approximate surface area is 347 Å². The number of benzene rings is 4. The van der Waals surface area contributed by atoms with Crippen LogP contribution in [0.15, 0.2) is 60.7 Å². The fourth-order valence-corrected chi connectivity index (χ4v) is 10.0. The van der Waals surface area contributed by atoms with E-state index in [0.29, 0.717) is 12.5 Å². The molecule has 4 amide bonds. The summed E-state index contributed by atoms with van der Waals surface area (Å²) in [5.74, 6) is 1.37. The molecule has 2 aliphatic heterocycles. The number of nitrogens with zero attached hydrogens (tertiary/aromatic N) is 4. The number of fused-ring (bicyclic) bond motifs is 8. The maximum Gasteiger partial charge on any atom is 0.407 e. The van der Waals surface area contributed by atoms with Crippen LogP contribution in [0.1, 0.15) is 83.5 Å². The molecular formula is C46H52N8O6. The monoisotopic (exact) mass is 812 g/mol. The highest BCUT2D eigenvalue weighted by Crippen LogP contribution is 2.50. The van der Waals surface area contributed by atoms with Crippen LogP contribution in [0.2, 0.25) is 0 Å². The Hall–Kier alpha value is -6.18. The van der Waals surface area contributed by atoms with Crippen LogP contribution in [-0.2, 0) is 19.1 Å². The average Bonchev–Trinajstić information content (AvgIpc) is 4.11. The lowest BCUT2D eigenvalue weighted by molar-refractivity contribution is -0.139. The number of aromatic nitrogens is 4. The molecule has 6 aromatic rings. The number of nitrogens with one attached hydrogen (secondary N) is 4. The topological polar surface area (TPSA) is 175 Å². The van der Waals surface area contributed by atoms with E-state index in [0.717, 1.165) is 98.5 Å². The lowest BCUT2D eigenvalue weighted by Crippen LogP contribution is -2.54. The van der Waals surface area contributed by atoms with Crippen molar-refractivity contribution >= 4 is 67.6 Å². The number of aromatic amines is 2. The molecule has 2 saturated heterocycles. The van der Waals surface area contributed by atoms with Gasteiger partial charge in [0, 0.05) is 23.4 Å². The molecule has 0 spiro atoms. The van der Waals surface area contributed by atoms with Gasteiger partial charge in [0.15, 0.2) is 0 Å². The molecule has 6 atom stereocenters. The van der Waals surface area contributed by atoms with Crippen molar-refractivity contribution < 1.29 is 28.7 Å². The van der Waals surface area contributed by atoms with Crippen molar-refractivity contribution in [1.82, 2.24) is 40.4 Å². The Balaban J connectivity index is 0.986. The van der Waals surface area contributed by atoms with Gasteiger partial charge in [-0.1, -0.05) is 64.1 Å². The van der Waals surface area contributed by atoms with Gasteiger partial charge < -0.3 is 39.9 Å². The molecule has 4 aromatic carbocycles.